The minimum Gasteiger partial charge on any atom is -0.435 e. The lowest BCUT2D eigenvalue weighted by Crippen LogP contribution is -2.22. The van der Waals surface area contributed by atoms with Crippen LogP contribution in [0.25, 0.3) is 5.65 Å². The van der Waals surface area contributed by atoms with E-state index in [1.54, 1.807) is 0 Å². The summed E-state index contributed by atoms with van der Waals surface area (Å²) < 4.78 is 66.1. The van der Waals surface area contributed by atoms with E-state index in [4.69, 9.17) is 0 Å². The Labute approximate surface area is 115 Å². The van der Waals surface area contributed by atoms with Crippen molar-refractivity contribution in [1.29, 1.82) is 0 Å². The van der Waals surface area contributed by atoms with Gasteiger partial charge in [0.25, 0.3) is 5.56 Å². The van der Waals surface area contributed by atoms with E-state index in [2.05, 4.69) is 25.7 Å². The van der Waals surface area contributed by atoms with Crippen LogP contribution in [0.2, 0.25) is 0 Å². The standard InChI is InChI=1S/C10H4BrF5N2O2/c11-6-7(10(14,15)16)17-5-3-4(20-9(12)13)1-2-18(5)8(6)19/h1-3,9H. The summed E-state index contributed by atoms with van der Waals surface area (Å²) in [4.78, 5) is 15.0. The van der Waals surface area contributed by atoms with Crippen molar-refractivity contribution in [3.05, 3.63) is 38.9 Å². The lowest BCUT2D eigenvalue weighted by Gasteiger charge is -2.11. The van der Waals surface area contributed by atoms with E-state index in [0.717, 1.165) is 22.7 Å². The van der Waals surface area contributed by atoms with Crippen LogP contribution in [0.5, 0.6) is 5.75 Å². The highest BCUT2D eigenvalue weighted by Crippen LogP contribution is 2.32. The molecule has 0 fully saturated rings. The topological polar surface area (TPSA) is 43.6 Å². The number of halogens is 6. The minimum atomic E-state index is -4.85. The highest BCUT2D eigenvalue weighted by molar-refractivity contribution is 9.10. The Morgan fingerprint density at radius 3 is 2.55 bits per heavy atom. The SMILES string of the molecule is O=c1c(Br)c(C(F)(F)F)nc2cc(OC(F)F)ccn12. The van der Waals surface area contributed by atoms with Crippen LogP contribution in [0.3, 0.4) is 0 Å². The Morgan fingerprint density at radius 1 is 1.35 bits per heavy atom. The maximum Gasteiger partial charge on any atom is 0.434 e. The summed E-state index contributed by atoms with van der Waals surface area (Å²) in [5, 5.41) is 0. The quantitative estimate of drug-likeness (QED) is 0.775. The molecule has 0 saturated carbocycles. The van der Waals surface area contributed by atoms with Crippen LogP contribution in [0, 0.1) is 0 Å². The van der Waals surface area contributed by atoms with Gasteiger partial charge in [-0.1, -0.05) is 0 Å². The maximum atomic E-state index is 12.7. The van der Waals surface area contributed by atoms with Crippen LogP contribution in [0.4, 0.5) is 22.0 Å². The second-order valence-corrected chi connectivity index (χ2v) is 4.34. The lowest BCUT2D eigenvalue weighted by molar-refractivity contribution is -0.141. The Kier molecular flexibility index (Phi) is 3.67. The van der Waals surface area contributed by atoms with Crippen LogP contribution in [-0.2, 0) is 6.18 Å². The molecule has 20 heavy (non-hydrogen) atoms. The molecule has 2 aromatic rings. The number of fused-ring (bicyclic) bond motifs is 1. The fourth-order valence-corrected chi connectivity index (χ4v) is 1.97. The second-order valence-electron chi connectivity index (χ2n) is 3.55. The average Bonchev–Trinajstić information content (AvgIpc) is 2.31. The van der Waals surface area contributed by atoms with E-state index >= 15 is 0 Å². The number of ether oxygens (including phenoxy) is 1. The smallest absolute Gasteiger partial charge is 0.434 e. The first-order valence-electron chi connectivity index (χ1n) is 4.94. The van der Waals surface area contributed by atoms with Crippen molar-refractivity contribution in [3.63, 3.8) is 0 Å². The Hall–Kier alpha value is -1.71. The molecule has 2 aromatic heterocycles. The Balaban J connectivity index is 2.69. The summed E-state index contributed by atoms with van der Waals surface area (Å²) in [7, 11) is 0. The van der Waals surface area contributed by atoms with Gasteiger partial charge in [-0.3, -0.25) is 9.20 Å². The number of alkyl halides is 5. The summed E-state index contributed by atoms with van der Waals surface area (Å²) in [6.07, 6.45) is -3.86. The van der Waals surface area contributed by atoms with Crippen molar-refractivity contribution in [2.45, 2.75) is 12.8 Å². The molecule has 0 atom stereocenters. The minimum absolute atomic E-state index is 0.401. The molecular formula is C10H4BrF5N2O2. The van der Waals surface area contributed by atoms with Gasteiger partial charge < -0.3 is 4.74 Å². The summed E-state index contributed by atoms with van der Waals surface area (Å²) in [5.41, 5.74) is -2.90. The van der Waals surface area contributed by atoms with Gasteiger partial charge in [-0.25, -0.2) is 4.98 Å². The van der Waals surface area contributed by atoms with E-state index in [9.17, 15) is 26.7 Å². The van der Waals surface area contributed by atoms with Gasteiger partial charge >= 0.3 is 12.8 Å². The molecular weight excluding hydrogens is 355 g/mol. The maximum absolute atomic E-state index is 12.7. The first-order valence-corrected chi connectivity index (χ1v) is 5.73. The fraction of sp³-hybridized carbons (Fsp3) is 0.200. The van der Waals surface area contributed by atoms with Crippen molar-refractivity contribution >= 4 is 21.6 Å². The van der Waals surface area contributed by atoms with Gasteiger partial charge in [0.05, 0.1) is 0 Å². The fourth-order valence-electron chi connectivity index (χ4n) is 1.46. The molecule has 0 radical (unpaired) electrons. The van der Waals surface area contributed by atoms with Gasteiger partial charge in [-0.15, -0.1) is 0 Å². The highest BCUT2D eigenvalue weighted by Gasteiger charge is 2.36. The van der Waals surface area contributed by atoms with E-state index in [-0.39, 0.29) is 0 Å². The van der Waals surface area contributed by atoms with Crippen LogP contribution in [0.1, 0.15) is 5.69 Å². The number of rotatable bonds is 2. The van der Waals surface area contributed by atoms with E-state index < -0.39 is 39.9 Å². The molecule has 0 amide bonds. The van der Waals surface area contributed by atoms with Crippen molar-refractivity contribution in [2.75, 3.05) is 0 Å². The van der Waals surface area contributed by atoms with E-state index in [0.29, 0.717) is 0 Å². The average molecular weight is 359 g/mol. The normalized spacial score (nSPS) is 12.2. The molecule has 108 valence electrons. The van der Waals surface area contributed by atoms with Crippen molar-refractivity contribution in [1.82, 2.24) is 9.38 Å². The third-order valence-electron chi connectivity index (χ3n) is 2.24. The molecule has 0 bridgehead atoms. The monoisotopic (exact) mass is 358 g/mol. The summed E-state index contributed by atoms with van der Waals surface area (Å²) in [6, 6.07) is 1.83. The Bertz CT molecular complexity index is 713. The van der Waals surface area contributed by atoms with Crippen LogP contribution < -0.4 is 10.3 Å². The predicted octanol–water partition coefficient (Wildman–Crippen LogP) is 3.08. The van der Waals surface area contributed by atoms with Gasteiger partial charge in [-0.05, 0) is 22.0 Å². The van der Waals surface area contributed by atoms with Crippen LogP contribution in [0.15, 0.2) is 27.6 Å². The molecule has 2 heterocycles. The summed E-state index contributed by atoms with van der Waals surface area (Å²) >= 11 is 2.53. The molecule has 0 aliphatic heterocycles. The molecule has 0 N–H and O–H groups in total. The number of nitrogens with zero attached hydrogens (tertiary/aromatic N) is 2. The Morgan fingerprint density at radius 2 is 2.00 bits per heavy atom. The molecule has 10 heteroatoms. The molecule has 0 spiro atoms. The zero-order valence-electron chi connectivity index (χ0n) is 9.29. The first kappa shape index (κ1) is 14.7. The number of aromatic nitrogens is 2. The lowest BCUT2D eigenvalue weighted by atomic mass is 10.3. The van der Waals surface area contributed by atoms with Gasteiger partial charge in [0.15, 0.2) is 5.69 Å². The van der Waals surface area contributed by atoms with Gasteiger partial charge in [0.2, 0.25) is 0 Å². The van der Waals surface area contributed by atoms with Crippen LogP contribution in [-0.4, -0.2) is 16.0 Å². The zero-order valence-corrected chi connectivity index (χ0v) is 10.9. The second kappa shape index (κ2) is 5.00. The molecule has 0 aliphatic rings. The van der Waals surface area contributed by atoms with E-state index in [1.807, 2.05) is 0 Å². The van der Waals surface area contributed by atoms with Gasteiger partial charge in [-0.2, -0.15) is 22.0 Å². The molecule has 0 aromatic carbocycles. The first-order chi connectivity index (χ1) is 9.20. The van der Waals surface area contributed by atoms with Crippen LogP contribution >= 0.6 is 15.9 Å². The molecule has 0 saturated heterocycles. The predicted molar refractivity (Wildman–Crippen MR) is 60.8 cm³/mol. The largest absolute Gasteiger partial charge is 0.435 e. The molecule has 0 unspecified atom stereocenters. The highest BCUT2D eigenvalue weighted by atomic mass is 79.9. The summed E-state index contributed by atoms with van der Waals surface area (Å²) in [6.45, 7) is -3.14. The molecule has 0 aliphatic carbocycles. The number of hydrogen-bond donors (Lipinski definition) is 0. The van der Waals surface area contributed by atoms with E-state index in [1.165, 1.54) is 0 Å². The van der Waals surface area contributed by atoms with Crippen molar-refractivity contribution in [3.8, 4) is 5.75 Å². The third kappa shape index (κ3) is 2.74. The number of pyridine rings is 1. The summed E-state index contributed by atoms with van der Waals surface area (Å²) in [5.74, 6) is -0.401. The zero-order chi connectivity index (χ0) is 15.1. The van der Waals surface area contributed by atoms with Gasteiger partial charge in [0, 0.05) is 12.3 Å². The molecule has 2 rings (SSSR count). The van der Waals surface area contributed by atoms with Gasteiger partial charge in [0.1, 0.15) is 15.9 Å². The number of hydrogen-bond acceptors (Lipinski definition) is 3. The molecule has 4 nitrogen and oxygen atoms in total. The van der Waals surface area contributed by atoms with Crippen molar-refractivity contribution in [2.24, 2.45) is 0 Å². The third-order valence-corrected chi connectivity index (χ3v) is 2.96. The van der Waals surface area contributed by atoms with Crippen molar-refractivity contribution < 1.29 is 26.7 Å².